The van der Waals surface area contributed by atoms with E-state index >= 15 is 0 Å². The van der Waals surface area contributed by atoms with Crippen LogP contribution in [0.3, 0.4) is 0 Å². The Morgan fingerprint density at radius 2 is 2.36 bits per heavy atom. The van der Waals surface area contributed by atoms with E-state index in [1.165, 1.54) is 19.2 Å². The van der Waals surface area contributed by atoms with Gasteiger partial charge >= 0.3 is 0 Å². The SMILES string of the molecule is C[C@H](O)c1ncc(Br)cc1F. The van der Waals surface area contributed by atoms with Gasteiger partial charge < -0.3 is 5.11 Å². The molecule has 0 aliphatic carbocycles. The molecule has 0 radical (unpaired) electrons. The fourth-order valence-electron chi connectivity index (χ4n) is 0.733. The minimum Gasteiger partial charge on any atom is -0.387 e. The normalized spacial score (nSPS) is 13.1. The van der Waals surface area contributed by atoms with Crippen LogP contribution in [-0.2, 0) is 0 Å². The molecule has 60 valence electrons. The van der Waals surface area contributed by atoms with Gasteiger partial charge in [0.05, 0.1) is 6.10 Å². The number of halogens is 2. The summed E-state index contributed by atoms with van der Waals surface area (Å²) in [5.41, 5.74) is 0.0770. The number of hydrogen-bond donors (Lipinski definition) is 1. The Kier molecular flexibility index (Phi) is 2.57. The van der Waals surface area contributed by atoms with Gasteiger partial charge in [-0.05, 0) is 28.9 Å². The molecule has 0 aliphatic heterocycles. The van der Waals surface area contributed by atoms with Crippen molar-refractivity contribution in [2.75, 3.05) is 0 Å². The number of nitrogens with zero attached hydrogens (tertiary/aromatic N) is 1. The van der Waals surface area contributed by atoms with Gasteiger partial charge in [0, 0.05) is 10.7 Å². The van der Waals surface area contributed by atoms with Gasteiger partial charge in [0.1, 0.15) is 11.5 Å². The summed E-state index contributed by atoms with van der Waals surface area (Å²) in [4.78, 5) is 3.71. The first kappa shape index (κ1) is 8.62. The average Bonchev–Trinajstić information content (AvgIpc) is 1.85. The molecular formula is C7H7BrFNO. The van der Waals surface area contributed by atoms with Gasteiger partial charge in [-0.3, -0.25) is 4.98 Å². The van der Waals surface area contributed by atoms with E-state index in [0.29, 0.717) is 4.47 Å². The minimum atomic E-state index is -0.858. The summed E-state index contributed by atoms with van der Waals surface area (Å²) in [7, 11) is 0. The molecule has 0 fully saturated rings. The number of rotatable bonds is 1. The van der Waals surface area contributed by atoms with Crippen LogP contribution in [0.25, 0.3) is 0 Å². The second-order valence-corrected chi connectivity index (χ2v) is 3.11. The average molecular weight is 220 g/mol. The van der Waals surface area contributed by atoms with Crippen molar-refractivity contribution in [2.45, 2.75) is 13.0 Å². The minimum absolute atomic E-state index is 0.0770. The van der Waals surface area contributed by atoms with E-state index in [1.807, 2.05) is 0 Å². The van der Waals surface area contributed by atoms with Crippen molar-refractivity contribution < 1.29 is 9.50 Å². The van der Waals surface area contributed by atoms with Gasteiger partial charge in [-0.15, -0.1) is 0 Å². The molecule has 1 aromatic rings. The number of aromatic nitrogens is 1. The first-order valence-electron chi connectivity index (χ1n) is 3.10. The lowest BCUT2D eigenvalue weighted by molar-refractivity contribution is 0.188. The first-order chi connectivity index (χ1) is 5.11. The van der Waals surface area contributed by atoms with E-state index in [1.54, 1.807) is 0 Å². The Labute approximate surface area is 72.2 Å². The quantitative estimate of drug-likeness (QED) is 0.785. The first-order valence-corrected chi connectivity index (χ1v) is 3.89. The fraction of sp³-hybridized carbons (Fsp3) is 0.286. The molecule has 0 spiro atoms. The fourth-order valence-corrected chi connectivity index (χ4v) is 1.04. The van der Waals surface area contributed by atoms with Gasteiger partial charge in [0.25, 0.3) is 0 Å². The van der Waals surface area contributed by atoms with Gasteiger partial charge in [0.2, 0.25) is 0 Å². The van der Waals surface area contributed by atoms with E-state index in [0.717, 1.165) is 0 Å². The Hall–Kier alpha value is -0.480. The van der Waals surface area contributed by atoms with Gasteiger partial charge in [0.15, 0.2) is 0 Å². The molecule has 0 saturated carbocycles. The maximum atomic E-state index is 12.8. The van der Waals surface area contributed by atoms with E-state index in [2.05, 4.69) is 20.9 Å². The lowest BCUT2D eigenvalue weighted by atomic mass is 10.2. The Balaban J connectivity index is 3.09. The van der Waals surface area contributed by atoms with Gasteiger partial charge in [-0.25, -0.2) is 4.39 Å². The highest BCUT2D eigenvalue weighted by Crippen LogP contribution is 2.17. The summed E-state index contributed by atoms with van der Waals surface area (Å²) < 4.78 is 13.4. The Morgan fingerprint density at radius 1 is 1.73 bits per heavy atom. The molecule has 11 heavy (non-hydrogen) atoms. The second kappa shape index (κ2) is 3.28. The summed E-state index contributed by atoms with van der Waals surface area (Å²) in [5, 5.41) is 8.98. The molecule has 1 aromatic heterocycles. The van der Waals surface area contributed by atoms with Crippen molar-refractivity contribution in [3.63, 3.8) is 0 Å². The molecular weight excluding hydrogens is 213 g/mol. The van der Waals surface area contributed by atoms with Crippen LogP contribution in [0.5, 0.6) is 0 Å². The van der Waals surface area contributed by atoms with Crippen molar-refractivity contribution >= 4 is 15.9 Å². The molecule has 1 heterocycles. The predicted molar refractivity (Wildman–Crippen MR) is 42.5 cm³/mol. The topological polar surface area (TPSA) is 33.1 Å². The van der Waals surface area contributed by atoms with E-state index in [4.69, 9.17) is 5.11 Å². The molecule has 2 nitrogen and oxygen atoms in total. The number of hydrogen-bond acceptors (Lipinski definition) is 2. The molecule has 1 N–H and O–H groups in total. The molecule has 1 atom stereocenters. The van der Waals surface area contributed by atoms with Crippen LogP contribution in [0.2, 0.25) is 0 Å². The van der Waals surface area contributed by atoms with E-state index < -0.39 is 11.9 Å². The van der Waals surface area contributed by atoms with Crippen LogP contribution in [-0.4, -0.2) is 10.1 Å². The summed E-state index contributed by atoms with van der Waals surface area (Å²) in [6.07, 6.45) is 0.591. The number of pyridine rings is 1. The highest BCUT2D eigenvalue weighted by Gasteiger charge is 2.08. The molecule has 0 bridgehead atoms. The highest BCUT2D eigenvalue weighted by atomic mass is 79.9. The smallest absolute Gasteiger partial charge is 0.148 e. The lowest BCUT2D eigenvalue weighted by Gasteiger charge is -2.03. The van der Waals surface area contributed by atoms with E-state index in [9.17, 15) is 4.39 Å². The highest BCUT2D eigenvalue weighted by molar-refractivity contribution is 9.10. The number of aliphatic hydroxyl groups is 1. The summed E-state index contributed by atoms with van der Waals surface area (Å²) in [6, 6.07) is 1.27. The monoisotopic (exact) mass is 219 g/mol. The molecule has 0 saturated heterocycles. The lowest BCUT2D eigenvalue weighted by Crippen LogP contribution is -1.98. The third kappa shape index (κ3) is 1.97. The molecule has 0 aromatic carbocycles. The summed E-state index contributed by atoms with van der Waals surface area (Å²) in [5.74, 6) is -0.491. The van der Waals surface area contributed by atoms with Crippen molar-refractivity contribution in [1.29, 1.82) is 0 Å². The van der Waals surface area contributed by atoms with Crippen LogP contribution in [0.15, 0.2) is 16.7 Å². The molecule has 0 unspecified atom stereocenters. The number of aliphatic hydroxyl groups excluding tert-OH is 1. The Bertz CT molecular complexity index is 265. The third-order valence-electron chi connectivity index (χ3n) is 1.23. The van der Waals surface area contributed by atoms with Crippen LogP contribution in [0, 0.1) is 5.82 Å². The maximum absolute atomic E-state index is 12.8. The van der Waals surface area contributed by atoms with Crippen LogP contribution >= 0.6 is 15.9 Å². The van der Waals surface area contributed by atoms with E-state index in [-0.39, 0.29) is 5.69 Å². The largest absolute Gasteiger partial charge is 0.387 e. The zero-order valence-electron chi connectivity index (χ0n) is 5.88. The zero-order valence-corrected chi connectivity index (χ0v) is 7.47. The van der Waals surface area contributed by atoms with Gasteiger partial charge in [-0.1, -0.05) is 0 Å². The van der Waals surface area contributed by atoms with Crippen molar-refractivity contribution in [1.82, 2.24) is 4.98 Å². The van der Waals surface area contributed by atoms with Crippen LogP contribution in [0.4, 0.5) is 4.39 Å². The predicted octanol–water partition coefficient (Wildman–Crippen LogP) is 2.04. The van der Waals surface area contributed by atoms with Crippen molar-refractivity contribution in [3.8, 4) is 0 Å². The van der Waals surface area contributed by atoms with Crippen molar-refractivity contribution in [3.05, 3.63) is 28.2 Å². The van der Waals surface area contributed by atoms with Crippen molar-refractivity contribution in [2.24, 2.45) is 0 Å². The molecule has 4 heteroatoms. The second-order valence-electron chi connectivity index (χ2n) is 2.20. The third-order valence-corrected chi connectivity index (χ3v) is 1.67. The zero-order chi connectivity index (χ0) is 8.43. The summed E-state index contributed by atoms with van der Waals surface area (Å²) >= 11 is 3.06. The molecule has 0 aliphatic rings. The summed E-state index contributed by atoms with van der Waals surface area (Å²) in [6.45, 7) is 1.47. The standard InChI is InChI=1S/C7H7BrFNO/c1-4(11)7-6(9)2-5(8)3-10-7/h2-4,11H,1H3/t4-/m0/s1. The van der Waals surface area contributed by atoms with Crippen LogP contribution < -0.4 is 0 Å². The maximum Gasteiger partial charge on any atom is 0.148 e. The van der Waals surface area contributed by atoms with Crippen LogP contribution in [0.1, 0.15) is 18.7 Å². The van der Waals surface area contributed by atoms with Gasteiger partial charge in [-0.2, -0.15) is 0 Å². The molecule has 1 rings (SSSR count). The Morgan fingerprint density at radius 3 is 2.82 bits per heavy atom. The molecule has 0 amide bonds.